The molecule has 0 aromatic heterocycles. The van der Waals surface area contributed by atoms with E-state index in [1.807, 2.05) is 0 Å². The van der Waals surface area contributed by atoms with Crippen molar-refractivity contribution in [2.45, 2.75) is 26.3 Å². The van der Waals surface area contributed by atoms with Crippen molar-refractivity contribution in [3.8, 4) is 5.75 Å². The van der Waals surface area contributed by atoms with Gasteiger partial charge in [0.2, 0.25) is 5.91 Å². The molecule has 1 aliphatic heterocycles. The van der Waals surface area contributed by atoms with Crippen LogP contribution < -0.4 is 10.1 Å². The zero-order valence-corrected chi connectivity index (χ0v) is 12.7. The molecule has 114 valence electrons. The highest BCUT2D eigenvalue weighted by Gasteiger charge is 2.30. The summed E-state index contributed by atoms with van der Waals surface area (Å²) in [5.41, 5.74) is 0.866. The van der Waals surface area contributed by atoms with Gasteiger partial charge in [-0.25, -0.2) is 4.79 Å². The van der Waals surface area contributed by atoms with E-state index in [9.17, 15) is 9.59 Å². The van der Waals surface area contributed by atoms with Gasteiger partial charge in [-0.1, -0.05) is 25.4 Å². The summed E-state index contributed by atoms with van der Waals surface area (Å²) < 4.78 is 5.55. The Balaban J connectivity index is 2.06. The highest BCUT2D eigenvalue weighted by molar-refractivity contribution is 6.30. The Morgan fingerprint density at radius 2 is 2.14 bits per heavy atom. The molecule has 1 aliphatic rings. The molecule has 1 heterocycles. The number of ether oxygens (including phenoxy) is 1. The van der Waals surface area contributed by atoms with Crippen LogP contribution in [0.1, 0.15) is 19.4 Å². The Hall–Kier alpha value is -1.75. The lowest BCUT2D eigenvalue weighted by molar-refractivity contribution is -0.144. The highest BCUT2D eigenvalue weighted by atomic mass is 35.5. The first kappa shape index (κ1) is 15.6. The van der Waals surface area contributed by atoms with Gasteiger partial charge in [-0.05, 0) is 36.1 Å². The Labute approximate surface area is 128 Å². The van der Waals surface area contributed by atoms with Gasteiger partial charge >= 0.3 is 5.97 Å². The van der Waals surface area contributed by atoms with E-state index in [1.165, 1.54) is 0 Å². The van der Waals surface area contributed by atoms with Gasteiger partial charge in [0.15, 0.2) is 0 Å². The normalized spacial score (nSPS) is 18.6. The van der Waals surface area contributed by atoms with Crippen molar-refractivity contribution >= 4 is 23.5 Å². The molecule has 0 fully saturated rings. The quantitative estimate of drug-likeness (QED) is 0.893. The number of carbonyl (C=O) groups excluding carboxylic acids is 1. The number of halogens is 1. The fraction of sp³-hybridized carbons (Fsp3) is 0.467. The second-order valence-electron chi connectivity index (χ2n) is 5.53. The van der Waals surface area contributed by atoms with Gasteiger partial charge < -0.3 is 15.2 Å². The number of benzene rings is 1. The lowest BCUT2D eigenvalue weighted by Gasteiger charge is -2.27. The predicted octanol–water partition coefficient (Wildman–Crippen LogP) is 2.12. The largest absolute Gasteiger partial charge is 0.492 e. The molecular formula is C15H18ClNO4. The predicted molar refractivity (Wildman–Crippen MR) is 78.5 cm³/mol. The Morgan fingerprint density at radius 3 is 2.76 bits per heavy atom. The molecule has 0 spiro atoms. The third-order valence-electron chi connectivity index (χ3n) is 3.53. The summed E-state index contributed by atoms with van der Waals surface area (Å²) in [6.45, 7) is 3.75. The minimum absolute atomic E-state index is 0.183. The smallest absolute Gasteiger partial charge is 0.326 e. The average molecular weight is 312 g/mol. The molecule has 2 rings (SSSR count). The van der Waals surface area contributed by atoms with Crippen LogP contribution in [0.4, 0.5) is 0 Å². The molecule has 5 nitrogen and oxygen atoms in total. The van der Waals surface area contributed by atoms with E-state index in [0.29, 0.717) is 11.4 Å². The highest BCUT2D eigenvalue weighted by Crippen LogP contribution is 2.29. The van der Waals surface area contributed by atoms with Crippen molar-refractivity contribution in [1.82, 2.24) is 5.32 Å². The van der Waals surface area contributed by atoms with Crippen molar-refractivity contribution < 1.29 is 19.4 Å². The van der Waals surface area contributed by atoms with Crippen molar-refractivity contribution in [1.29, 1.82) is 0 Å². The van der Waals surface area contributed by atoms with E-state index < -0.39 is 17.9 Å². The lowest BCUT2D eigenvalue weighted by atomic mass is 9.95. The molecule has 6 heteroatoms. The Morgan fingerprint density at radius 1 is 1.43 bits per heavy atom. The maximum Gasteiger partial charge on any atom is 0.326 e. The molecule has 0 saturated carbocycles. The van der Waals surface area contributed by atoms with Gasteiger partial charge in [0.05, 0.1) is 5.92 Å². The molecule has 1 aromatic carbocycles. The van der Waals surface area contributed by atoms with Crippen LogP contribution in [0.15, 0.2) is 18.2 Å². The fourth-order valence-electron chi connectivity index (χ4n) is 2.32. The van der Waals surface area contributed by atoms with E-state index >= 15 is 0 Å². The SMILES string of the molecule is CC(C)C(NC(=O)C1COc2ccc(Cl)cc2C1)C(=O)O. The van der Waals surface area contributed by atoms with Crippen LogP contribution in [0.2, 0.25) is 5.02 Å². The minimum atomic E-state index is -1.03. The number of carboxylic acid groups (broad SMARTS) is 1. The molecule has 0 aliphatic carbocycles. The van der Waals surface area contributed by atoms with Gasteiger partial charge in [-0.15, -0.1) is 0 Å². The standard InChI is InChI=1S/C15H18ClNO4/c1-8(2)13(15(19)20)17-14(18)10-5-9-6-11(16)3-4-12(9)21-7-10/h3-4,6,8,10,13H,5,7H2,1-2H3,(H,17,18)(H,19,20). The zero-order chi connectivity index (χ0) is 15.6. The molecular weight excluding hydrogens is 294 g/mol. The molecule has 1 aromatic rings. The van der Waals surface area contributed by atoms with Gasteiger partial charge in [0, 0.05) is 5.02 Å². The van der Waals surface area contributed by atoms with Gasteiger partial charge in [-0.3, -0.25) is 4.79 Å². The molecule has 0 radical (unpaired) electrons. The first-order valence-electron chi connectivity index (χ1n) is 6.83. The summed E-state index contributed by atoms with van der Waals surface area (Å²) in [6.07, 6.45) is 0.492. The van der Waals surface area contributed by atoms with Gasteiger partial charge in [-0.2, -0.15) is 0 Å². The maximum absolute atomic E-state index is 12.2. The first-order valence-corrected chi connectivity index (χ1v) is 7.20. The maximum atomic E-state index is 12.2. The number of carbonyl (C=O) groups is 2. The van der Waals surface area contributed by atoms with Crippen LogP contribution in [0.3, 0.4) is 0 Å². The number of fused-ring (bicyclic) bond motifs is 1. The average Bonchev–Trinajstić information content (AvgIpc) is 2.42. The van der Waals surface area contributed by atoms with Crippen LogP contribution >= 0.6 is 11.6 Å². The van der Waals surface area contributed by atoms with E-state index in [4.69, 9.17) is 21.4 Å². The summed E-state index contributed by atoms with van der Waals surface area (Å²) in [5.74, 6) is -1.20. The lowest BCUT2D eigenvalue weighted by Crippen LogP contribution is -2.48. The van der Waals surface area contributed by atoms with Crippen molar-refractivity contribution in [2.24, 2.45) is 11.8 Å². The van der Waals surface area contributed by atoms with Crippen LogP contribution in [0.5, 0.6) is 5.75 Å². The van der Waals surface area contributed by atoms with E-state index in [1.54, 1.807) is 32.0 Å². The number of rotatable bonds is 4. The number of hydrogen-bond acceptors (Lipinski definition) is 3. The molecule has 2 atom stereocenters. The van der Waals surface area contributed by atoms with Crippen molar-refractivity contribution in [2.75, 3.05) is 6.61 Å². The third-order valence-corrected chi connectivity index (χ3v) is 3.77. The van der Waals surface area contributed by atoms with Crippen LogP contribution in [-0.2, 0) is 16.0 Å². The summed E-state index contributed by atoms with van der Waals surface area (Å²) in [6, 6.07) is 4.39. The first-order chi connectivity index (χ1) is 9.88. The Bertz CT molecular complexity index is 559. The molecule has 2 N–H and O–H groups in total. The zero-order valence-electron chi connectivity index (χ0n) is 11.9. The molecule has 21 heavy (non-hydrogen) atoms. The van der Waals surface area contributed by atoms with Crippen LogP contribution in [-0.4, -0.2) is 29.6 Å². The third kappa shape index (κ3) is 3.67. The number of amides is 1. The van der Waals surface area contributed by atoms with Crippen LogP contribution in [0, 0.1) is 11.8 Å². The topological polar surface area (TPSA) is 75.6 Å². The number of carboxylic acids is 1. The summed E-state index contributed by atoms with van der Waals surface area (Å²) in [7, 11) is 0. The second kappa shape index (κ2) is 6.35. The van der Waals surface area contributed by atoms with Crippen molar-refractivity contribution in [3.05, 3.63) is 28.8 Å². The van der Waals surface area contributed by atoms with E-state index in [-0.39, 0.29) is 18.4 Å². The van der Waals surface area contributed by atoms with Gasteiger partial charge in [0.25, 0.3) is 0 Å². The van der Waals surface area contributed by atoms with Crippen LogP contribution in [0.25, 0.3) is 0 Å². The molecule has 1 amide bonds. The van der Waals surface area contributed by atoms with E-state index in [0.717, 1.165) is 11.3 Å². The number of aliphatic carboxylic acids is 1. The number of hydrogen-bond donors (Lipinski definition) is 2. The Kier molecular flexibility index (Phi) is 4.73. The molecule has 0 saturated heterocycles. The second-order valence-corrected chi connectivity index (χ2v) is 5.97. The van der Waals surface area contributed by atoms with Crippen molar-refractivity contribution in [3.63, 3.8) is 0 Å². The van der Waals surface area contributed by atoms with E-state index in [2.05, 4.69) is 5.32 Å². The fourth-order valence-corrected chi connectivity index (χ4v) is 2.51. The summed E-state index contributed by atoms with van der Waals surface area (Å²) >= 11 is 5.94. The molecule has 2 unspecified atom stereocenters. The summed E-state index contributed by atoms with van der Waals surface area (Å²) in [4.78, 5) is 23.4. The van der Waals surface area contributed by atoms with Gasteiger partial charge in [0.1, 0.15) is 18.4 Å². The minimum Gasteiger partial charge on any atom is -0.492 e. The summed E-state index contributed by atoms with van der Waals surface area (Å²) in [5, 5.41) is 12.3. The monoisotopic (exact) mass is 311 g/mol. The number of nitrogens with one attached hydrogen (secondary N) is 1. The molecule has 0 bridgehead atoms.